The Bertz CT molecular complexity index is 463. The molecule has 0 aromatic heterocycles. The Hall–Kier alpha value is -1.07. The van der Waals surface area contributed by atoms with Gasteiger partial charge in [-0.2, -0.15) is 0 Å². The number of halogens is 1. The van der Waals surface area contributed by atoms with Crippen LogP contribution in [0.15, 0.2) is 29.2 Å². The quantitative estimate of drug-likeness (QED) is 0.725. The molecule has 1 rings (SSSR count). The Labute approximate surface area is 130 Å². The summed E-state index contributed by atoms with van der Waals surface area (Å²) in [4.78, 5) is 12.3. The van der Waals surface area contributed by atoms with Crippen molar-refractivity contribution in [2.45, 2.75) is 44.6 Å². The number of amides is 1. The molecule has 1 aromatic rings. The Kier molecular flexibility index (Phi) is 7.18. The van der Waals surface area contributed by atoms with E-state index in [1.165, 1.54) is 17.8 Å². The monoisotopic (exact) mass is 313 g/mol. The molecule has 5 heteroatoms. The van der Waals surface area contributed by atoms with Crippen molar-refractivity contribution in [3.8, 4) is 0 Å². The highest BCUT2D eigenvalue weighted by Gasteiger charge is 2.20. The van der Waals surface area contributed by atoms with Gasteiger partial charge in [0.25, 0.3) is 0 Å². The van der Waals surface area contributed by atoms with E-state index in [2.05, 4.69) is 5.32 Å². The number of aliphatic hydroxyl groups is 1. The topological polar surface area (TPSA) is 49.3 Å². The van der Waals surface area contributed by atoms with Crippen molar-refractivity contribution in [1.82, 2.24) is 5.32 Å². The fourth-order valence-electron chi connectivity index (χ4n) is 2.11. The molecule has 3 nitrogen and oxygen atoms in total. The van der Waals surface area contributed by atoms with Crippen molar-refractivity contribution in [3.05, 3.63) is 30.1 Å². The van der Waals surface area contributed by atoms with Gasteiger partial charge in [-0.05, 0) is 30.9 Å². The number of carbonyl (C=O) groups is 1. The molecule has 0 aliphatic carbocycles. The average molecular weight is 313 g/mol. The summed E-state index contributed by atoms with van der Waals surface area (Å²) in [5, 5.41) is 12.3. The molecule has 21 heavy (non-hydrogen) atoms. The van der Waals surface area contributed by atoms with Crippen molar-refractivity contribution < 1.29 is 14.3 Å². The van der Waals surface area contributed by atoms with Crippen LogP contribution < -0.4 is 5.32 Å². The number of benzene rings is 1. The summed E-state index contributed by atoms with van der Waals surface area (Å²) in [5.74, 6) is 0.252. The molecule has 1 amide bonds. The molecule has 0 fully saturated rings. The van der Waals surface area contributed by atoms with Crippen LogP contribution >= 0.6 is 11.8 Å². The van der Waals surface area contributed by atoms with Crippen LogP contribution in [0.5, 0.6) is 0 Å². The van der Waals surface area contributed by atoms with E-state index in [0.29, 0.717) is 30.0 Å². The lowest BCUT2D eigenvalue weighted by molar-refractivity contribution is -0.121. The summed E-state index contributed by atoms with van der Waals surface area (Å²) in [6, 6.07) is 6.56. The molecule has 0 aliphatic heterocycles. The maximum Gasteiger partial charge on any atom is 0.220 e. The minimum atomic E-state index is -0.381. The lowest BCUT2D eigenvalue weighted by Gasteiger charge is -2.26. The molecule has 2 N–H and O–H groups in total. The van der Waals surface area contributed by atoms with Gasteiger partial charge >= 0.3 is 0 Å². The van der Waals surface area contributed by atoms with E-state index in [0.717, 1.165) is 0 Å². The van der Waals surface area contributed by atoms with E-state index in [-0.39, 0.29) is 23.2 Å². The lowest BCUT2D eigenvalue weighted by atomic mass is 9.87. The molecule has 0 spiro atoms. The summed E-state index contributed by atoms with van der Waals surface area (Å²) in [7, 11) is 0. The van der Waals surface area contributed by atoms with E-state index in [1.807, 2.05) is 13.8 Å². The summed E-state index contributed by atoms with van der Waals surface area (Å²) in [5.41, 5.74) is -0.136. The Morgan fingerprint density at radius 1 is 1.43 bits per heavy atom. The molecule has 118 valence electrons. The first-order valence-corrected chi connectivity index (χ1v) is 8.11. The van der Waals surface area contributed by atoms with Crippen molar-refractivity contribution >= 4 is 17.7 Å². The molecule has 0 aliphatic rings. The van der Waals surface area contributed by atoms with Gasteiger partial charge in [0.15, 0.2) is 0 Å². The fourth-order valence-corrected chi connectivity index (χ4v) is 3.00. The first kappa shape index (κ1) is 18.0. The third-order valence-corrected chi connectivity index (χ3v) is 4.09. The van der Waals surface area contributed by atoms with Crippen LogP contribution in [0, 0.1) is 11.2 Å². The first-order valence-electron chi connectivity index (χ1n) is 7.12. The number of nitrogens with one attached hydrogen (secondary N) is 1. The van der Waals surface area contributed by atoms with E-state index < -0.39 is 0 Å². The van der Waals surface area contributed by atoms with Gasteiger partial charge in [-0.3, -0.25) is 4.79 Å². The van der Waals surface area contributed by atoms with E-state index in [4.69, 9.17) is 0 Å². The highest BCUT2D eigenvalue weighted by Crippen LogP contribution is 2.23. The largest absolute Gasteiger partial charge is 0.393 e. The lowest BCUT2D eigenvalue weighted by Crippen LogP contribution is -2.35. The minimum Gasteiger partial charge on any atom is -0.393 e. The van der Waals surface area contributed by atoms with Crippen LogP contribution in [0.25, 0.3) is 0 Å². The second-order valence-corrected chi connectivity index (χ2v) is 7.16. The molecule has 1 aromatic carbocycles. The van der Waals surface area contributed by atoms with Crippen LogP contribution in [0.2, 0.25) is 0 Å². The van der Waals surface area contributed by atoms with Crippen molar-refractivity contribution in [2.24, 2.45) is 5.41 Å². The van der Waals surface area contributed by atoms with Crippen molar-refractivity contribution in [1.29, 1.82) is 0 Å². The zero-order valence-electron chi connectivity index (χ0n) is 12.9. The van der Waals surface area contributed by atoms with Crippen molar-refractivity contribution in [2.75, 3.05) is 12.3 Å². The number of hydrogen-bond acceptors (Lipinski definition) is 3. The van der Waals surface area contributed by atoms with Crippen molar-refractivity contribution in [3.63, 3.8) is 0 Å². The molecule has 1 unspecified atom stereocenters. The molecule has 0 bridgehead atoms. The highest BCUT2D eigenvalue weighted by atomic mass is 32.2. The Morgan fingerprint density at radius 2 is 2.10 bits per heavy atom. The van der Waals surface area contributed by atoms with Gasteiger partial charge in [-0.15, -0.1) is 11.8 Å². The smallest absolute Gasteiger partial charge is 0.220 e. The summed E-state index contributed by atoms with van der Waals surface area (Å²) in [6.07, 6.45) is 0.606. The fraction of sp³-hybridized carbons (Fsp3) is 0.562. The van der Waals surface area contributed by atoms with E-state index in [9.17, 15) is 14.3 Å². The molecular weight excluding hydrogens is 289 g/mol. The average Bonchev–Trinajstić information content (AvgIpc) is 2.37. The standard InChI is InChI=1S/C16H24FNO2S/c1-12(19)10-16(2,3)11-18-15(20)8-9-21-14-7-5-4-6-13(14)17/h4-7,12,19H,8-11H2,1-3H3,(H,18,20). The molecule has 0 saturated heterocycles. The molecule has 0 heterocycles. The normalized spacial score (nSPS) is 13.0. The molecule has 0 saturated carbocycles. The van der Waals surface area contributed by atoms with Gasteiger partial charge in [0.1, 0.15) is 5.82 Å². The van der Waals surface area contributed by atoms with Crippen LogP contribution in [-0.4, -0.2) is 29.4 Å². The number of carbonyl (C=O) groups excluding carboxylic acids is 1. The van der Waals surface area contributed by atoms with Crippen LogP contribution in [0.4, 0.5) is 4.39 Å². The Balaban J connectivity index is 2.27. The molecule has 0 radical (unpaired) electrons. The summed E-state index contributed by atoms with van der Waals surface area (Å²) in [6.45, 7) is 6.29. The van der Waals surface area contributed by atoms with E-state index in [1.54, 1.807) is 25.1 Å². The second-order valence-electron chi connectivity index (χ2n) is 6.02. The third-order valence-electron chi connectivity index (χ3n) is 3.04. The van der Waals surface area contributed by atoms with Crippen LogP contribution in [-0.2, 0) is 4.79 Å². The van der Waals surface area contributed by atoms with Gasteiger partial charge < -0.3 is 10.4 Å². The minimum absolute atomic E-state index is 0.0440. The van der Waals surface area contributed by atoms with Gasteiger partial charge in [0, 0.05) is 23.6 Å². The van der Waals surface area contributed by atoms with Gasteiger partial charge in [-0.25, -0.2) is 4.39 Å². The van der Waals surface area contributed by atoms with Crippen LogP contribution in [0.3, 0.4) is 0 Å². The summed E-state index contributed by atoms with van der Waals surface area (Å²) < 4.78 is 13.4. The third kappa shape index (κ3) is 7.48. The maximum absolute atomic E-state index is 13.4. The summed E-state index contributed by atoms with van der Waals surface area (Å²) >= 11 is 1.34. The number of hydrogen-bond donors (Lipinski definition) is 2. The zero-order valence-corrected chi connectivity index (χ0v) is 13.7. The predicted octanol–water partition coefficient (Wildman–Crippen LogP) is 3.22. The van der Waals surface area contributed by atoms with E-state index >= 15 is 0 Å². The highest BCUT2D eigenvalue weighted by molar-refractivity contribution is 7.99. The van der Waals surface area contributed by atoms with Gasteiger partial charge in [-0.1, -0.05) is 26.0 Å². The zero-order chi connectivity index (χ0) is 15.9. The maximum atomic E-state index is 13.4. The van der Waals surface area contributed by atoms with Crippen LogP contribution in [0.1, 0.15) is 33.6 Å². The van der Waals surface area contributed by atoms with Gasteiger partial charge in [0.2, 0.25) is 5.91 Å². The second kappa shape index (κ2) is 8.39. The first-order chi connectivity index (χ1) is 9.80. The molecular formula is C16H24FNO2S. The predicted molar refractivity (Wildman–Crippen MR) is 84.8 cm³/mol. The van der Waals surface area contributed by atoms with Gasteiger partial charge in [0.05, 0.1) is 6.10 Å². The number of thioether (sulfide) groups is 1. The SMILES string of the molecule is CC(O)CC(C)(C)CNC(=O)CCSc1ccccc1F. The molecule has 1 atom stereocenters. The number of rotatable bonds is 8. The Morgan fingerprint density at radius 3 is 2.71 bits per heavy atom. The number of aliphatic hydroxyl groups excluding tert-OH is 1.